The number of aliphatic hydroxyl groups is 1. The van der Waals surface area contributed by atoms with Crippen molar-refractivity contribution in [2.45, 2.75) is 63.9 Å². The van der Waals surface area contributed by atoms with Gasteiger partial charge < -0.3 is 5.11 Å². The highest BCUT2D eigenvalue weighted by Crippen LogP contribution is 2.40. The summed E-state index contributed by atoms with van der Waals surface area (Å²) in [4.78, 5) is 0. The molecule has 1 aromatic carbocycles. The molecule has 1 aliphatic carbocycles. The van der Waals surface area contributed by atoms with E-state index in [2.05, 4.69) is 44.2 Å². The Morgan fingerprint density at radius 2 is 1.83 bits per heavy atom. The molecule has 0 saturated heterocycles. The van der Waals surface area contributed by atoms with Crippen molar-refractivity contribution in [3.8, 4) is 0 Å². The van der Waals surface area contributed by atoms with Crippen LogP contribution in [0.3, 0.4) is 0 Å². The zero-order chi connectivity index (χ0) is 13.0. The van der Waals surface area contributed by atoms with Gasteiger partial charge in [-0.1, -0.05) is 57.0 Å². The van der Waals surface area contributed by atoms with Gasteiger partial charge >= 0.3 is 0 Å². The highest BCUT2D eigenvalue weighted by atomic mass is 16.3. The Morgan fingerprint density at radius 3 is 2.50 bits per heavy atom. The molecule has 100 valence electrons. The van der Waals surface area contributed by atoms with Crippen LogP contribution in [0.1, 0.15) is 63.9 Å². The molecule has 1 aliphatic rings. The molecular weight excluding hydrogens is 220 g/mol. The third-order valence-electron chi connectivity index (χ3n) is 4.84. The average molecular weight is 246 g/mol. The second kappa shape index (κ2) is 5.88. The lowest BCUT2D eigenvalue weighted by atomic mass is 9.72. The predicted molar refractivity (Wildman–Crippen MR) is 76.7 cm³/mol. The lowest BCUT2D eigenvalue weighted by Crippen LogP contribution is -2.38. The van der Waals surface area contributed by atoms with Crippen molar-refractivity contribution in [2.24, 2.45) is 5.92 Å². The first kappa shape index (κ1) is 13.6. The molecule has 1 fully saturated rings. The summed E-state index contributed by atoms with van der Waals surface area (Å²) in [6.45, 7) is 4.34. The van der Waals surface area contributed by atoms with E-state index in [4.69, 9.17) is 0 Å². The quantitative estimate of drug-likeness (QED) is 0.814. The summed E-state index contributed by atoms with van der Waals surface area (Å²) in [6.07, 6.45) is 6.74. The van der Waals surface area contributed by atoms with Crippen LogP contribution in [0.2, 0.25) is 0 Å². The Kier molecular flexibility index (Phi) is 4.45. The summed E-state index contributed by atoms with van der Waals surface area (Å²) in [7, 11) is 0. The average Bonchev–Trinajstić information content (AvgIpc) is 2.41. The fraction of sp³-hybridized carbons (Fsp3) is 0.647. The molecule has 0 heterocycles. The molecule has 0 aromatic heterocycles. The summed E-state index contributed by atoms with van der Waals surface area (Å²) in [5.74, 6) is 0.952. The van der Waals surface area contributed by atoms with Crippen LogP contribution < -0.4 is 0 Å². The first-order valence-electron chi connectivity index (χ1n) is 7.43. The molecule has 1 aromatic rings. The van der Waals surface area contributed by atoms with Gasteiger partial charge in [0.15, 0.2) is 0 Å². The van der Waals surface area contributed by atoms with Crippen LogP contribution in [0, 0.1) is 5.92 Å². The molecule has 18 heavy (non-hydrogen) atoms. The van der Waals surface area contributed by atoms with E-state index in [1.165, 1.54) is 31.2 Å². The van der Waals surface area contributed by atoms with Crippen LogP contribution >= 0.6 is 0 Å². The molecule has 1 N–H and O–H groups in total. The van der Waals surface area contributed by atoms with Crippen LogP contribution in [-0.4, -0.2) is 10.7 Å². The monoisotopic (exact) mass is 246 g/mol. The highest BCUT2D eigenvalue weighted by Gasteiger charge is 2.35. The Labute approximate surface area is 111 Å². The molecule has 0 amide bonds. The molecule has 1 saturated carbocycles. The van der Waals surface area contributed by atoms with Crippen molar-refractivity contribution in [2.75, 3.05) is 0 Å². The topological polar surface area (TPSA) is 20.2 Å². The zero-order valence-electron chi connectivity index (χ0n) is 11.7. The third kappa shape index (κ3) is 2.95. The van der Waals surface area contributed by atoms with Crippen molar-refractivity contribution in [1.29, 1.82) is 0 Å². The van der Waals surface area contributed by atoms with E-state index < -0.39 is 5.60 Å². The van der Waals surface area contributed by atoms with Gasteiger partial charge in [-0.05, 0) is 43.1 Å². The van der Waals surface area contributed by atoms with Crippen molar-refractivity contribution in [1.82, 2.24) is 0 Å². The van der Waals surface area contributed by atoms with Crippen molar-refractivity contribution in [3.05, 3.63) is 35.9 Å². The molecule has 1 heteroatoms. The first-order valence-corrected chi connectivity index (χ1v) is 7.43. The number of hydrogen-bond acceptors (Lipinski definition) is 1. The van der Waals surface area contributed by atoms with Gasteiger partial charge in [0.05, 0.1) is 5.60 Å². The van der Waals surface area contributed by atoms with Gasteiger partial charge in [-0.25, -0.2) is 0 Å². The van der Waals surface area contributed by atoms with Gasteiger partial charge in [0, 0.05) is 0 Å². The van der Waals surface area contributed by atoms with Gasteiger partial charge in [0.1, 0.15) is 0 Å². The number of rotatable bonds is 2. The normalized spacial score (nSPS) is 33.7. The molecule has 0 radical (unpaired) electrons. The Morgan fingerprint density at radius 1 is 1.17 bits per heavy atom. The second-order valence-corrected chi connectivity index (χ2v) is 5.95. The third-order valence-corrected chi connectivity index (χ3v) is 4.84. The van der Waals surface area contributed by atoms with Crippen LogP contribution in [0.4, 0.5) is 0 Å². The van der Waals surface area contributed by atoms with E-state index in [0.717, 1.165) is 12.8 Å². The molecule has 0 bridgehead atoms. The molecular formula is C17H26O. The van der Waals surface area contributed by atoms with Crippen LogP contribution in [0.25, 0.3) is 0 Å². The highest BCUT2D eigenvalue weighted by molar-refractivity contribution is 5.20. The molecule has 2 rings (SSSR count). The van der Waals surface area contributed by atoms with Crippen LogP contribution in [-0.2, 0) is 0 Å². The van der Waals surface area contributed by atoms with Gasteiger partial charge in [-0.2, -0.15) is 0 Å². The lowest BCUT2D eigenvalue weighted by molar-refractivity contribution is -0.0377. The second-order valence-electron chi connectivity index (χ2n) is 5.95. The van der Waals surface area contributed by atoms with Crippen LogP contribution in [0.5, 0.6) is 0 Å². The first-order chi connectivity index (χ1) is 8.65. The SMILES string of the molecule is CC[C@@]1(O)C[C@@H](c2ccccc2)CCCC[C@@H]1C. The minimum Gasteiger partial charge on any atom is -0.390 e. The van der Waals surface area contributed by atoms with Gasteiger partial charge in [-0.3, -0.25) is 0 Å². The number of hydrogen-bond donors (Lipinski definition) is 1. The smallest absolute Gasteiger partial charge is 0.0676 e. The summed E-state index contributed by atoms with van der Waals surface area (Å²) >= 11 is 0. The van der Waals surface area contributed by atoms with Gasteiger partial charge in [0.2, 0.25) is 0 Å². The lowest BCUT2D eigenvalue weighted by Gasteiger charge is -2.38. The van der Waals surface area contributed by atoms with E-state index in [0.29, 0.717) is 11.8 Å². The largest absolute Gasteiger partial charge is 0.390 e. The minimum absolute atomic E-state index is 0.425. The summed E-state index contributed by atoms with van der Waals surface area (Å²) in [6, 6.07) is 10.7. The van der Waals surface area contributed by atoms with Crippen molar-refractivity contribution >= 4 is 0 Å². The van der Waals surface area contributed by atoms with Gasteiger partial charge in [-0.15, -0.1) is 0 Å². The summed E-state index contributed by atoms with van der Waals surface area (Å²) in [5.41, 5.74) is 0.930. The molecule has 3 atom stereocenters. The summed E-state index contributed by atoms with van der Waals surface area (Å²) in [5, 5.41) is 10.9. The Balaban J connectivity index is 2.20. The van der Waals surface area contributed by atoms with Gasteiger partial charge in [0.25, 0.3) is 0 Å². The standard InChI is InChI=1S/C17H26O/c1-3-17(18)13-16(12-8-7-9-14(17)2)15-10-5-4-6-11-15/h4-6,10-11,14,16,18H,3,7-9,12-13H2,1-2H3/t14-,16-,17+/m0/s1. The molecule has 0 spiro atoms. The maximum atomic E-state index is 10.9. The van der Waals surface area contributed by atoms with E-state index in [9.17, 15) is 5.11 Å². The molecule has 1 nitrogen and oxygen atoms in total. The minimum atomic E-state index is -0.471. The fourth-order valence-electron chi connectivity index (χ4n) is 3.34. The van der Waals surface area contributed by atoms with Crippen molar-refractivity contribution in [3.63, 3.8) is 0 Å². The summed E-state index contributed by atoms with van der Waals surface area (Å²) < 4.78 is 0. The molecule has 0 unspecified atom stereocenters. The molecule has 0 aliphatic heterocycles. The van der Waals surface area contributed by atoms with Crippen molar-refractivity contribution < 1.29 is 5.11 Å². The Hall–Kier alpha value is -0.820. The van der Waals surface area contributed by atoms with E-state index in [1.54, 1.807) is 0 Å². The number of benzene rings is 1. The fourth-order valence-corrected chi connectivity index (χ4v) is 3.34. The maximum Gasteiger partial charge on any atom is 0.0676 e. The maximum absolute atomic E-state index is 10.9. The van der Waals surface area contributed by atoms with E-state index in [-0.39, 0.29) is 0 Å². The Bertz CT molecular complexity index is 359. The predicted octanol–water partition coefficient (Wildman–Crippen LogP) is 4.51. The zero-order valence-corrected chi connectivity index (χ0v) is 11.7. The van der Waals surface area contributed by atoms with E-state index in [1.807, 2.05) is 0 Å². The van der Waals surface area contributed by atoms with E-state index >= 15 is 0 Å². The van der Waals surface area contributed by atoms with Crippen LogP contribution in [0.15, 0.2) is 30.3 Å².